The van der Waals surface area contributed by atoms with Crippen molar-refractivity contribution in [1.29, 1.82) is 0 Å². The van der Waals surface area contributed by atoms with Gasteiger partial charge < -0.3 is 9.84 Å². The molecule has 0 unspecified atom stereocenters. The van der Waals surface area contributed by atoms with Crippen molar-refractivity contribution in [1.82, 2.24) is 0 Å². The Hall–Kier alpha value is -2.13. The molecule has 0 bridgehead atoms. The average molecular weight is 437 g/mol. The minimum absolute atomic E-state index is 0.0721. The molecule has 1 aliphatic carbocycles. The number of aliphatic hydroxyl groups is 1. The van der Waals surface area contributed by atoms with E-state index in [0.717, 1.165) is 17.5 Å². The van der Waals surface area contributed by atoms with Crippen molar-refractivity contribution in [3.05, 3.63) is 58.1 Å². The zero-order valence-electron chi connectivity index (χ0n) is 21.5. The summed E-state index contributed by atoms with van der Waals surface area (Å²) in [6, 6.07) is 11.1. The molecule has 1 N–H and O–H groups in total. The first-order chi connectivity index (χ1) is 14.6. The highest BCUT2D eigenvalue weighted by atomic mass is 16.5. The molecule has 0 saturated carbocycles. The number of carbonyl (C=O) groups is 1. The summed E-state index contributed by atoms with van der Waals surface area (Å²) in [5.74, 6) is -1.04. The normalized spacial score (nSPS) is 15.7. The third-order valence-electron chi connectivity index (χ3n) is 6.76. The molecule has 2 atom stereocenters. The summed E-state index contributed by atoms with van der Waals surface area (Å²) < 4.78 is 5.12. The van der Waals surface area contributed by atoms with E-state index in [1.807, 2.05) is 20.8 Å². The molecule has 0 fully saturated rings. The molecule has 0 heterocycles. The summed E-state index contributed by atoms with van der Waals surface area (Å²) in [6.07, 6.45) is -0.108. The van der Waals surface area contributed by atoms with Crippen molar-refractivity contribution in [2.75, 3.05) is 7.11 Å². The number of benzene rings is 2. The smallest absolute Gasteiger partial charge is 0.312 e. The van der Waals surface area contributed by atoms with Crippen molar-refractivity contribution in [3.8, 4) is 11.1 Å². The molecule has 0 saturated heterocycles. The van der Waals surface area contributed by atoms with Gasteiger partial charge in [0.15, 0.2) is 0 Å². The molecule has 2 aromatic carbocycles. The molecule has 32 heavy (non-hydrogen) atoms. The van der Waals surface area contributed by atoms with E-state index < -0.39 is 17.4 Å². The van der Waals surface area contributed by atoms with Crippen LogP contribution in [0.4, 0.5) is 0 Å². The summed E-state index contributed by atoms with van der Waals surface area (Å²) in [4.78, 5) is 12.8. The van der Waals surface area contributed by atoms with Crippen LogP contribution in [0.1, 0.15) is 96.2 Å². The number of fused-ring (bicyclic) bond motifs is 3. The summed E-state index contributed by atoms with van der Waals surface area (Å²) in [6.45, 7) is 19.2. The zero-order chi connectivity index (χ0) is 24.2. The molecular formula is C29H40O3. The summed E-state index contributed by atoms with van der Waals surface area (Å²) in [7, 11) is 1.40. The first-order valence-electron chi connectivity index (χ1n) is 11.6. The highest BCUT2D eigenvalue weighted by molar-refractivity contribution is 5.82. The fraction of sp³-hybridized carbons (Fsp3) is 0.552. The van der Waals surface area contributed by atoms with E-state index >= 15 is 0 Å². The highest BCUT2D eigenvalue weighted by Gasteiger charge is 2.41. The average Bonchev–Trinajstić information content (AvgIpc) is 3.02. The minimum atomic E-state index is -0.952. The van der Waals surface area contributed by atoms with Gasteiger partial charge in [0.25, 0.3) is 0 Å². The second kappa shape index (κ2) is 8.02. The molecule has 3 heteroatoms. The standard InChI is InChI=1S/C29H40O3/c1-27(2,3)19-11-12-21-17(14-19)13-18-15-20(28(4,5)6)16-22(23(18)21)25(30)24(26(31)32-10)29(7,8)9/h11-12,14-16,24-25,30H,13H2,1-10H3/t24-,25-/m1/s1. The van der Waals surface area contributed by atoms with Crippen LogP contribution < -0.4 is 0 Å². The Balaban J connectivity index is 2.26. The number of esters is 1. The van der Waals surface area contributed by atoms with E-state index in [-0.39, 0.29) is 16.8 Å². The number of aliphatic hydroxyl groups excluding tert-OH is 1. The number of hydrogen-bond donors (Lipinski definition) is 1. The number of rotatable bonds is 3. The quantitative estimate of drug-likeness (QED) is 0.464. The van der Waals surface area contributed by atoms with Crippen LogP contribution in [-0.4, -0.2) is 18.2 Å². The maximum absolute atomic E-state index is 12.8. The van der Waals surface area contributed by atoms with Crippen molar-refractivity contribution < 1.29 is 14.6 Å². The zero-order valence-corrected chi connectivity index (χ0v) is 21.5. The Kier molecular flexibility index (Phi) is 6.14. The molecule has 3 nitrogen and oxygen atoms in total. The molecule has 0 radical (unpaired) electrons. The van der Waals surface area contributed by atoms with Crippen LogP contribution in [0.3, 0.4) is 0 Å². The van der Waals surface area contributed by atoms with E-state index in [1.165, 1.54) is 34.9 Å². The molecular weight excluding hydrogens is 396 g/mol. The van der Waals surface area contributed by atoms with E-state index in [0.29, 0.717) is 0 Å². The van der Waals surface area contributed by atoms with Crippen molar-refractivity contribution in [2.24, 2.45) is 11.3 Å². The molecule has 1 aliphatic rings. The highest BCUT2D eigenvalue weighted by Crippen LogP contribution is 2.48. The van der Waals surface area contributed by atoms with Crippen molar-refractivity contribution in [3.63, 3.8) is 0 Å². The van der Waals surface area contributed by atoms with Gasteiger partial charge in [0.1, 0.15) is 0 Å². The molecule has 2 aromatic rings. The van der Waals surface area contributed by atoms with Crippen molar-refractivity contribution in [2.45, 2.75) is 85.7 Å². The van der Waals surface area contributed by atoms with Crippen molar-refractivity contribution >= 4 is 5.97 Å². The first kappa shape index (κ1) is 24.5. The van der Waals surface area contributed by atoms with Gasteiger partial charge in [0.05, 0.1) is 19.1 Å². The lowest BCUT2D eigenvalue weighted by molar-refractivity contribution is -0.155. The minimum Gasteiger partial charge on any atom is -0.469 e. The molecule has 0 spiro atoms. The lowest BCUT2D eigenvalue weighted by Crippen LogP contribution is -2.35. The fourth-order valence-corrected chi connectivity index (χ4v) is 4.78. The van der Waals surface area contributed by atoms with E-state index in [4.69, 9.17) is 4.74 Å². The Bertz CT molecular complexity index is 1030. The Labute approximate surface area is 194 Å². The van der Waals surface area contributed by atoms with Gasteiger partial charge in [-0.1, -0.05) is 92.6 Å². The number of hydrogen-bond acceptors (Lipinski definition) is 3. The van der Waals surface area contributed by atoms with Crippen LogP contribution in [0.25, 0.3) is 11.1 Å². The number of ether oxygens (including phenoxy) is 1. The van der Waals surface area contributed by atoms with Crippen LogP contribution >= 0.6 is 0 Å². The SMILES string of the molecule is COC(=O)[C@@H]([C@H](O)c1cc(C(C)(C)C)cc2c1-c1ccc(C(C)(C)C)cc1C2)C(C)(C)C. The van der Waals surface area contributed by atoms with Gasteiger partial charge in [0, 0.05) is 0 Å². The topological polar surface area (TPSA) is 46.5 Å². The van der Waals surface area contributed by atoms with Gasteiger partial charge in [-0.05, 0) is 61.6 Å². The second-order valence-electron chi connectivity index (χ2n) is 12.5. The fourth-order valence-electron chi connectivity index (χ4n) is 4.78. The van der Waals surface area contributed by atoms with Crippen LogP contribution in [0.15, 0.2) is 30.3 Å². The Morgan fingerprint density at radius 3 is 1.94 bits per heavy atom. The van der Waals surface area contributed by atoms with Crippen LogP contribution in [-0.2, 0) is 26.8 Å². The third kappa shape index (κ3) is 4.50. The van der Waals surface area contributed by atoms with Gasteiger partial charge >= 0.3 is 5.97 Å². The largest absolute Gasteiger partial charge is 0.469 e. The monoisotopic (exact) mass is 436 g/mol. The third-order valence-corrected chi connectivity index (χ3v) is 6.76. The predicted molar refractivity (Wildman–Crippen MR) is 132 cm³/mol. The first-order valence-corrected chi connectivity index (χ1v) is 11.6. The summed E-state index contributed by atoms with van der Waals surface area (Å²) >= 11 is 0. The van der Waals surface area contributed by atoms with E-state index in [9.17, 15) is 9.90 Å². The number of methoxy groups -OCH3 is 1. The van der Waals surface area contributed by atoms with Gasteiger partial charge in [-0.25, -0.2) is 0 Å². The van der Waals surface area contributed by atoms with E-state index in [1.54, 1.807) is 0 Å². The maximum Gasteiger partial charge on any atom is 0.312 e. The second-order valence-corrected chi connectivity index (χ2v) is 12.5. The van der Waals surface area contributed by atoms with Gasteiger partial charge in [0.2, 0.25) is 0 Å². The molecule has 0 amide bonds. The predicted octanol–water partition coefficient (Wildman–Crippen LogP) is 6.72. The lowest BCUT2D eigenvalue weighted by Gasteiger charge is -2.34. The molecule has 0 aliphatic heterocycles. The maximum atomic E-state index is 12.8. The van der Waals surface area contributed by atoms with Crippen LogP contribution in [0.2, 0.25) is 0 Å². The Morgan fingerprint density at radius 1 is 0.875 bits per heavy atom. The lowest BCUT2D eigenvalue weighted by atomic mass is 9.73. The van der Waals surface area contributed by atoms with Crippen LogP contribution in [0, 0.1) is 11.3 Å². The summed E-state index contributed by atoms with van der Waals surface area (Å²) in [5.41, 5.74) is 7.63. The molecule has 174 valence electrons. The van der Waals surface area contributed by atoms with Crippen LogP contribution in [0.5, 0.6) is 0 Å². The van der Waals surface area contributed by atoms with E-state index in [2.05, 4.69) is 71.9 Å². The van der Waals surface area contributed by atoms with Gasteiger partial charge in [-0.2, -0.15) is 0 Å². The molecule has 0 aromatic heterocycles. The van der Waals surface area contributed by atoms with Gasteiger partial charge in [-0.3, -0.25) is 4.79 Å². The molecule has 3 rings (SSSR count). The summed E-state index contributed by atoms with van der Waals surface area (Å²) in [5, 5.41) is 11.7. The number of carbonyl (C=O) groups excluding carboxylic acids is 1. The Morgan fingerprint density at radius 2 is 1.44 bits per heavy atom. The van der Waals surface area contributed by atoms with Gasteiger partial charge in [-0.15, -0.1) is 0 Å².